The molecule has 2 N–H and O–H groups in total. The summed E-state index contributed by atoms with van der Waals surface area (Å²) in [6.45, 7) is 12.2. The van der Waals surface area contributed by atoms with Crippen molar-refractivity contribution in [1.82, 2.24) is 9.88 Å². The number of carbonyl (C=O) groups is 1. The molecule has 172 valence electrons. The molecule has 0 radical (unpaired) electrons. The highest BCUT2D eigenvalue weighted by Crippen LogP contribution is 2.42. The van der Waals surface area contributed by atoms with Crippen LogP contribution in [0.1, 0.15) is 57.9 Å². The fourth-order valence-corrected chi connectivity index (χ4v) is 4.92. The van der Waals surface area contributed by atoms with Gasteiger partial charge in [0.2, 0.25) is 0 Å². The van der Waals surface area contributed by atoms with Crippen molar-refractivity contribution in [3.05, 3.63) is 16.8 Å². The van der Waals surface area contributed by atoms with E-state index in [1.165, 1.54) is 0 Å². The minimum atomic E-state index is -1.78. The molecule has 2 saturated heterocycles. The third-order valence-electron chi connectivity index (χ3n) is 6.42. The number of aromatic nitrogens is 1. The summed E-state index contributed by atoms with van der Waals surface area (Å²) in [4.78, 5) is 20.9. The molecular formula is C22H31BN4O5. The average molecular weight is 442 g/mol. The summed E-state index contributed by atoms with van der Waals surface area (Å²) in [5, 5.41) is 30.1. The van der Waals surface area contributed by atoms with E-state index in [1.54, 1.807) is 4.90 Å². The van der Waals surface area contributed by atoms with Gasteiger partial charge in [-0.05, 0) is 41.0 Å². The number of anilines is 1. The van der Waals surface area contributed by atoms with Gasteiger partial charge < -0.3 is 29.3 Å². The summed E-state index contributed by atoms with van der Waals surface area (Å²) in [5.74, 6) is 0.486. The molecule has 32 heavy (non-hydrogen) atoms. The second kappa shape index (κ2) is 7.61. The fraction of sp³-hybridized carbons (Fsp3) is 0.682. The molecule has 2 fully saturated rings. The van der Waals surface area contributed by atoms with Crippen molar-refractivity contribution in [3.8, 4) is 6.07 Å². The molecule has 1 spiro atoms. The molecule has 0 aliphatic carbocycles. The predicted octanol–water partition coefficient (Wildman–Crippen LogP) is 0.932. The van der Waals surface area contributed by atoms with E-state index in [4.69, 9.17) is 14.5 Å². The molecule has 1 amide bonds. The van der Waals surface area contributed by atoms with E-state index in [0.29, 0.717) is 44.0 Å². The van der Waals surface area contributed by atoms with Crippen LogP contribution >= 0.6 is 0 Å². The molecule has 3 aliphatic rings. The maximum Gasteiger partial charge on any atom is 0.490 e. The average Bonchev–Trinajstić information content (AvgIpc) is 3.08. The van der Waals surface area contributed by atoms with E-state index < -0.39 is 18.3 Å². The van der Waals surface area contributed by atoms with Crippen molar-refractivity contribution >= 4 is 24.5 Å². The number of ether oxygens (including phenoxy) is 2. The fourth-order valence-electron chi connectivity index (χ4n) is 4.92. The zero-order chi connectivity index (χ0) is 23.5. The van der Waals surface area contributed by atoms with E-state index in [-0.39, 0.29) is 29.1 Å². The smallest absolute Gasteiger partial charge is 0.444 e. The minimum Gasteiger partial charge on any atom is -0.444 e. The maximum atomic E-state index is 12.3. The number of hydrogen-bond donors (Lipinski definition) is 2. The van der Waals surface area contributed by atoms with Gasteiger partial charge in [-0.1, -0.05) is 0 Å². The predicted molar refractivity (Wildman–Crippen MR) is 118 cm³/mol. The van der Waals surface area contributed by atoms with Crippen LogP contribution in [0.3, 0.4) is 0 Å². The van der Waals surface area contributed by atoms with Crippen LogP contribution in [0, 0.1) is 16.7 Å². The Morgan fingerprint density at radius 1 is 1.28 bits per heavy atom. The number of carbonyl (C=O) groups excluding carboxylic acids is 1. The van der Waals surface area contributed by atoms with Crippen molar-refractivity contribution in [2.45, 2.75) is 65.3 Å². The lowest BCUT2D eigenvalue weighted by Crippen LogP contribution is -2.60. The van der Waals surface area contributed by atoms with Gasteiger partial charge in [0.05, 0.1) is 23.5 Å². The largest absolute Gasteiger partial charge is 0.490 e. The number of nitriles is 1. The molecule has 10 heteroatoms. The lowest BCUT2D eigenvalue weighted by molar-refractivity contribution is -0.0409. The molecule has 1 aromatic rings. The second-order valence-electron chi connectivity index (χ2n) is 10.9. The number of nitrogens with zero attached hydrogens (tertiary/aromatic N) is 4. The van der Waals surface area contributed by atoms with E-state index in [0.717, 1.165) is 12.1 Å². The lowest BCUT2D eigenvalue weighted by atomic mass is 9.72. The maximum absolute atomic E-state index is 12.3. The molecule has 0 bridgehead atoms. The Labute approximate surface area is 189 Å². The summed E-state index contributed by atoms with van der Waals surface area (Å²) in [6, 6.07) is 2.15. The summed E-state index contributed by atoms with van der Waals surface area (Å²) in [5.41, 5.74) is 0.681. The van der Waals surface area contributed by atoms with Crippen molar-refractivity contribution in [2.24, 2.45) is 5.41 Å². The highest BCUT2D eigenvalue weighted by atomic mass is 16.6. The molecule has 0 unspecified atom stereocenters. The van der Waals surface area contributed by atoms with Crippen LogP contribution in [-0.2, 0) is 22.5 Å². The van der Waals surface area contributed by atoms with Gasteiger partial charge in [-0.3, -0.25) is 0 Å². The Morgan fingerprint density at radius 2 is 1.97 bits per heavy atom. The Hall–Kier alpha value is -2.35. The number of likely N-dealkylation sites (tertiary alicyclic amines) is 1. The number of hydrogen-bond acceptors (Lipinski definition) is 8. The topological polar surface area (TPSA) is 119 Å². The Kier molecular flexibility index (Phi) is 5.43. The van der Waals surface area contributed by atoms with Crippen LogP contribution in [0.25, 0.3) is 0 Å². The van der Waals surface area contributed by atoms with Crippen molar-refractivity contribution < 1.29 is 24.3 Å². The van der Waals surface area contributed by atoms with Crippen molar-refractivity contribution in [1.29, 1.82) is 5.26 Å². The van der Waals surface area contributed by atoms with E-state index in [2.05, 4.69) is 6.07 Å². The molecule has 0 atom stereocenters. The van der Waals surface area contributed by atoms with Crippen molar-refractivity contribution in [3.63, 3.8) is 0 Å². The number of fused-ring (bicyclic) bond motifs is 1. The first-order chi connectivity index (χ1) is 14.8. The van der Waals surface area contributed by atoms with Crippen molar-refractivity contribution in [2.75, 3.05) is 31.1 Å². The number of pyridine rings is 1. The van der Waals surface area contributed by atoms with Gasteiger partial charge in [-0.15, -0.1) is 0 Å². The molecule has 0 aromatic carbocycles. The summed E-state index contributed by atoms with van der Waals surface area (Å²) in [6.07, 6.45) is 1.08. The van der Waals surface area contributed by atoms with Gasteiger partial charge in [-0.25, -0.2) is 9.78 Å². The first-order valence-corrected chi connectivity index (χ1v) is 11.0. The molecule has 4 heterocycles. The Balaban J connectivity index is 1.58. The van der Waals surface area contributed by atoms with Crippen LogP contribution in [0.15, 0.2) is 0 Å². The summed E-state index contributed by atoms with van der Waals surface area (Å²) >= 11 is 0. The molecular weight excluding hydrogens is 411 g/mol. The summed E-state index contributed by atoms with van der Waals surface area (Å²) < 4.78 is 11.3. The van der Waals surface area contributed by atoms with Gasteiger partial charge in [-0.2, -0.15) is 5.26 Å². The summed E-state index contributed by atoms with van der Waals surface area (Å²) in [7, 11) is -1.78. The first-order valence-electron chi connectivity index (χ1n) is 11.0. The molecule has 1 aromatic heterocycles. The standard InChI is InChI=1S/C22H31BN4O5/c1-20(2,3)32-19(28)27-12-22(13-27)6-7-26(11-22)18-14(9-24)17(23(29)30)15-10-31-21(4,5)8-16(15)25-18/h29-30H,6-8,10-13H2,1-5H3. The van der Waals surface area contributed by atoms with Crippen LogP contribution in [0.4, 0.5) is 10.6 Å². The molecule has 3 aliphatic heterocycles. The van der Waals surface area contributed by atoms with Gasteiger partial charge >= 0.3 is 13.2 Å². The monoisotopic (exact) mass is 442 g/mol. The SMILES string of the molecule is CC(C)(C)OC(=O)N1CC2(CCN(c3nc4c(c(B(O)O)c3C#N)COC(C)(C)C4)C2)C1. The Bertz CT molecular complexity index is 976. The lowest BCUT2D eigenvalue weighted by Gasteiger charge is -2.47. The highest BCUT2D eigenvalue weighted by molar-refractivity contribution is 6.60. The molecule has 9 nitrogen and oxygen atoms in total. The van der Waals surface area contributed by atoms with E-state index in [1.807, 2.05) is 39.5 Å². The van der Waals surface area contributed by atoms with Crippen LogP contribution < -0.4 is 10.4 Å². The number of amides is 1. The van der Waals surface area contributed by atoms with Gasteiger partial charge in [0, 0.05) is 49.0 Å². The second-order valence-corrected chi connectivity index (χ2v) is 10.9. The van der Waals surface area contributed by atoms with Crippen LogP contribution in [0.5, 0.6) is 0 Å². The molecule has 4 rings (SSSR count). The minimum absolute atomic E-state index is 0.0679. The zero-order valence-electron chi connectivity index (χ0n) is 19.4. The highest BCUT2D eigenvalue weighted by Gasteiger charge is 2.51. The van der Waals surface area contributed by atoms with Gasteiger partial charge in [0.25, 0.3) is 0 Å². The van der Waals surface area contributed by atoms with Gasteiger partial charge in [0.15, 0.2) is 0 Å². The quantitative estimate of drug-likeness (QED) is 0.650. The van der Waals surface area contributed by atoms with E-state index in [9.17, 15) is 20.1 Å². The normalized spacial score (nSPS) is 21.1. The zero-order valence-corrected chi connectivity index (χ0v) is 19.4. The third kappa shape index (κ3) is 4.17. The third-order valence-corrected chi connectivity index (χ3v) is 6.42. The Morgan fingerprint density at radius 3 is 2.56 bits per heavy atom. The number of rotatable bonds is 2. The molecule has 0 saturated carbocycles. The van der Waals surface area contributed by atoms with Crippen LogP contribution in [0.2, 0.25) is 0 Å². The first kappa shape index (κ1) is 22.8. The van der Waals surface area contributed by atoms with Gasteiger partial charge in [0.1, 0.15) is 17.5 Å². The van der Waals surface area contributed by atoms with E-state index >= 15 is 0 Å². The van der Waals surface area contributed by atoms with Crippen LogP contribution in [-0.4, -0.2) is 70.5 Å².